The highest BCUT2D eigenvalue weighted by Gasteiger charge is 2.16. The first-order valence-corrected chi connectivity index (χ1v) is 7.88. The summed E-state index contributed by atoms with van der Waals surface area (Å²) in [6, 6.07) is -0.276. The maximum atomic E-state index is 11.6. The lowest BCUT2D eigenvalue weighted by molar-refractivity contribution is -0.117. The van der Waals surface area contributed by atoms with Gasteiger partial charge in [0.05, 0.1) is 5.75 Å². The standard InChI is InChI=1S/C13H24N2O2S/c1-3-10(2)14-13(17)15-12(16)9-18-11-7-5-4-6-8-11/h10-11H,3-9H2,1-2H3,(H2,14,15,16,17)/t10-/m1/s1. The molecule has 1 fully saturated rings. The molecule has 0 radical (unpaired) electrons. The van der Waals surface area contributed by atoms with Gasteiger partial charge in [0.15, 0.2) is 0 Å². The van der Waals surface area contributed by atoms with Gasteiger partial charge in [0.2, 0.25) is 5.91 Å². The van der Waals surface area contributed by atoms with Gasteiger partial charge in [-0.25, -0.2) is 4.79 Å². The molecule has 0 aromatic rings. The highest BCUT2D eigenvalue weighted by molar-refractivity contribution is 8.00. The number of hydrogen-bond donors (Lipinski definition) is 2. The maximum absolute atomic E-state index is 11.6. The molecule has 1 rings (SSSR count). The van der Waals surface area contributed by atoms with Crippen molar-refractivity contribution in [1.82, 2.24) is 10.6 Å². The molecule has 0 aromatic heterocycles. The maximum Gasteiger partial charge on any atom is 0.321 e. The Morgan fingerprint density at radius 2 is 1.94 bits per heavy atom. The molecule has 0 bridgehead atoms. The van der Waals surface area contributed by atoms with Gasteiger partial charge in [-0.2, -0.15) is 0 Å². The molecule has 0 aliphatic heterocycles. The molecule has 0 spiro atoms. The fraction of sp³-hybridized carbons (Fsp3) is 0.846. The third-order valence-electron chi connectivity index (χ3n) is 3.25. The van der Waals surface area contributed by atoms with Crippen LogP contribution in [-0.2, 0) is 4.79 Å². The second-order valence-electron chi connectivity index (χ2n) is 4.90. The second kappa shape index (κ2) is 8.40. The first-order valence-electron chi connectivity index (χ1n) is 6.83. The zero-order chi connectivity index (χ0) is 13.4. The fourth-order valence-electron chi connectivity index (χ4n) is 1.95. The van der Waals surface area contributed by atoms with Gasteiger partial charge in [0.1, 0.15) is 0 Å². The lowest BCUT2D eigenvalue weighted by Gasteiger charge is -2.20. The summed E-state index contributed by atoms with van der Waals surface area (Å²) in [4.78, 5) is 23.0. The molecule has 4 nitrogen and oxygen atoms in total. The fourth-order valence-corrected chi connectivity index (χ4v) is 3.08. The van der Waals surface area contributed by atoms with Crippen LogP contribution in [0.5, 0.6) is 0 Å². The summed E-state index contributed by atoms with van der Waals surface area (Å²) in [6.45, 7) is 3.91. The van der Waals surface area contributed by atoms with Crippen molar-refractivity contribution in [2.75, 3.05) is 5.75 Å². The largest absolute Gasteiger partial charge is 0.335 e. The molecule has 1 aliphatic carbocycles. The first kappa shape index (κ1) is 15.3. The predicted octanol–water partition coefficient (Wildman–Crippen LogP) is 2.68. The van der Waals surface area contributed by atoms with Crippen LogP contribution in [0.4, 0.5) is 4.79 Å². The van der Waals surface area contributed by atoms with E-state index in [1.807, 2.05) is 13.8 Å². The van der Waals surface area contributed by atoms with Crippen molar-refractivity contribution in [3.05, 3.63) is 0 Å². The van der Waals surface area contributed by atoms with Crippen LogP contribution < -0.4 is 10.6 Å². The zero-order valence-corrected chi connectivity index (χ0v) is 12.1. The summed E-state index contributed by atoms with van der Waals surface area (Å²) in [7, 11) is 0. The molecule has 1 saturated carbocycles. The average molecular weight is 272 g/mol. The van der Waals surface area contributed by atoms with E-state index < -0.39 is 0 Å². The van der Waals surface area contributed by atoms with Gasteiger partial charge in [0.25, 0.3) is 0 Å². The number of amides is 3. The minimum absolute atomic E-state index is 0.101. The number of carbonyl (C=O) groups excluding carboxylic acids is 2. The summed E-state index contributed by atoms with van der Waals surface area (Å²) >= 11 is 1.68. The van der Waals surface area contributed by atoms with Gasteiger partial charge >= 0.3 is 6.03 Å². The summed E-state index contributed by atoms with van der Waals surface area (Å²) < 4.78 is 0. The van der Waals surface area contributed by atoms with Crippen LogP contribution in [0, 0.1) is 0 Å². The number of rotatable bonds is 5. The monoisotopic (exact) mass is 272 g/mol. The lowest BCUT2D eigenvalue weighted by Crippen LogP contribution is -2.44. The molecule has 3 amide bonds. The summed E-state index contributed by atoms with van der Waals surface area (Å²) in [6.07, 6.45) is 7.13. The minimum Gasteiger partial charge on any atom is -0.335 e. The number of imide groups is 1. The highest BCUT2D eigenvalue weighted by atomic mass is 32.2. The van der Waals surface area contributed by atoms with E-state index in [1.54, 1.807) is 11.8 Å². The van der Waals surface area contributed by atoms with Gasteiger partial charge < -0.3 is 5.32 Å². The molecule has 0 unspecified atom stereocenters. The zero-order valence-electron chi connectivity index (χ0n) is 11.3. The van der Waals surface area contributed by atoms with Gasteiger partial charge in [-0.1, -0.05) is 26.2 Å². The Balaban J connectivity index is 2.14. The molecule has 104 valence electrons. The number of hydrogen-bond acceptors (Lipinski definition) is 3. The van der Waals surface area contributed by atoms with E-state index in [2.05, 4.69) is 10.6 Å². The molecule has 0 aromatic carbocycles. The summed E-state index contributed by atoms with van der Waals surface area (Å²) in [5.41, 5.74) is 0. The molecule has 18 heavy (non-hydrogen) atoms. The molecule has 1 atom stereocenters. The SMILES string of the molecule is CC[C@@H](C)NC(=O)NC(=O)CSC1CCCCC1. The Morgan fingerprint density at radius 3 is 2.56 bits per heavy atom. The predicted molar refractivity (Wildman–Crippen MR) is 75.8 cm³/mol. The Labute approximate surface area is 114 Å². The van der Waals surface area contributed by atoms with Crippen LogP contribution in [0.1, 0.15) is 52.4 Å². The average Bonchev–Trinajstić information content (AvgIpc) is 2.37. The van der Waals surface area contributed by atoms with Crippen LogP contribution in [0.3, 0.4) is 0 Å². The van der Waals surface area contributed by atoms with Crippen LogP contribution >= 0.6 is 11.8 Å². The van der Waals surface area contributed by atoms with Crippen LogP contribution in [0.25, 0.3) is 0 Å². The molecular weight excluding hydrogens is 248 g/mol. The quantitative estimate of drug-likeness (QED) is 0.809. The van der Waals surface area contributed by atoms with Crippen LogP contribution in [-0.4, -0.2) is 29.0 Å². The molecular formula is C13H24N2O2S. The normalized spacial score (nSPS) is 18.1. The van der Waals surface area contributed by atoms with E-state index in [9.17, 15) is 9.59 Å². The number of carbonyl (C=O) groups is 2. The van der Waals surface area contributed by atoms with E-state index in [1.165, 1.54) is 32.1 Å². The van der Waals surface area contributed by atoms with Crippen molar-refractivity contribution >= 4 is 23.7 Å². The van der Waals surface area contributed by atoms with Crippen molar-refractivity contribution in [3.8, 4) is 0 Å². The van der Waals surface area contributed by atoms with Crippen molar-refractivity contribution in [1.29, 1.82) is 0 Å². The van der Waals surface area contributed by atoms with E-state index >= 15 is 0 Å². The molecule has 0 saturated heterocycles. The van der Waals surface area contributed by atoms with E-state index in [0.29, 0.717) is 11.0 Å². The van der Waals surface area contributed by atoms with Crippen molar-refractivity contribution in [3.63, 3.8) is 0 Å². The number of thioether (sulfide) groups is 1. The third kappa shape index (κ3) is 6.28. The van der Waals surface area contributed by atoms with Crippen LogP contribution in [0.2, 0.25) is 0 Å². The smallest absolute Gasteiger partial charge is 0.321 e. The second-order valence-corrected chi connectivity index (χ2v) is 6.19. The number of urea groups is 1. The van der Waals surface area contributed by atoms with E-state index in [-0.39, 0.29) is 18.0 Å². The Kier molecular flexibility index (Phi) is 7.16. The van der Waals surface area contributed by atoms with Gasteiger partial charge in [-0.05, 0) is 26.2 Å². The summed E-state index contributed by atoms with van der Waals surface area (Å²) in [5.74, 6) is 0.199. The van der Waals surface area contributed by atoms with E-state index in [4.69, 9.17) is 0 Å². The number of nitrogens with one attached hydrogen (secondary N) is 2. The van der Waals surface area contributed by atoms with Gasteiger partial charge in [-0.3, -0.25) is 10.1 Å². The van der Waals surface area contributed by atoms with Crippen molar-refractivity contribution in [2.24, 2.45) is 0 Å². The lowest BCUT2D eigenvalue weighted by atomic mass is 10.0. The minimum atomic E-state index is -0.376. The Morgan fingerprint density at radius 1 is 1.28 bits per heavy atom. The molecule has 1 aliphatic rings. The van der Waals surface area contributed by atoms with Gasteiger partial charge in [-0.15, -0.1) is 11.8 Å². The van der Waals surface area contributed by atoms with Crippen molar-refractivity contribution in [2.45, 2.75) is 63.7 Å². The van der Waals surface area contributed by atoms with Crippen molar-refractivity contribution < 1.29 is 9.59 Å². The Hall–Kier alpha value is -0.710. The molecule has 5 heteroatoms. The van der Waals surface area contributed by atoms with E-state index in [0.717, 1.165) is 6.42 Å². The van der Waals surface area contributed by atoms with Gasteiger partial charge in [0, 0.05) is 11.3 Å². The Bertz CT molecular complexity index is 278. The molecule has 0 heterocycles. The molecule has 2 N–H and O–H groups in total. The highest BCUT2D eigenvalue weighted by Crippen LogP contribution is 2.27. The topological polar surface area (TPSA) is 58.2 Å². The third-order valence-corrected chi connectivity index (χ3v) is 4.62. The first-order chi connectivity index (χ1) is 8.61. The van der Waals surface area contributed by atoms with Crippen LogP contribution in [0.15, 0.2) is 0 Å². The summed E-state index contributed by atoms with van der Waals surface area (Å²) in [5, 5.41) is 5.69.